The molecule has 0 aliphatic carbocycles. The molecule has 0 aliphatic heterocycles. The summed E-state index contributed by atoms with van der Waals surface area (Å²) < 4.78 is 1.72. The number of carbonyl (C=O) groups excluding carboxylic acids is 1. The first-order valence-corrected chi connectivity index (χ1v) is 3.45. The molecule has 0 fully saturated rings. The third kappa shape index (κ3) is 2.37. The Morgan fingerprint density at radius 3 is 3.09 bits per heavy atom. The fraction of sp³-hybridized carbons (Fsp3) is 0.250. The molecule has 0 aliphatic rings. The summed E-state index contributed by atoms with van der Waals surface area (Å²) >= 11 is 0. The molecule has 1 rings (SSSR count). The molecule has 0 saturated carbocycles. The van der Waals surface area contributed by atoms with Crippen LogP contribution in [-0.4, -0.2) is 15.6 Å². The van der Waals surface area contributed by atoms with Crippen molar-refractivity contribution in [2.45, 2.75) is 13.0 Å². The lowest BCUT2D eigenvalue weighted by Crippen LogP contribution is -2.03. The van der Waals surface area contributed by atoms with Crippen molar-refractivity contribution in [3.05, 3.63) is 31.1 Å². The second kappa shape index (κ2) is 3.71. The van der Waals surface area contributed by atoms with Gasteiger partial charge < -0.3 is 0 Å². The Morgan fingerprint density at radius 2 is 2.55 bits per heavy atom. The average molecular weight is 150 g/mol. The first kappa shape index (κ1) is 7.72. The van der Waals surface area contributed by atoms with Gasteiger partial charge in [-0.1, -0.05) is 6.58 Å². The molecule has 0 saturated heterocycles. The molecule has 3 heteroatoms. The molecule has 11 heavy (non-hydrogen) atoms. The standard InChI is InChI=1S/C8H10N2O/c1-2-8(11)4-7-10-6-3-5-9-10/h2-3,5-6H,1,4,7H2. The summed E-state index contributed by atoms with van der Waals surface area (Å²) in [5.74, 6) is 0.0560. The number of aromatic nitrogens is 2. The Hall–Kier alpha value is -1.38. The van der Waals surface area contributed by atoms with Gasteiger partial charge in [-0.25, -0.2) is 0 Å². The van der Waals surface area contributed by atoms with E-state index in [0.29, 0.717) is 13.0 Å². The normalized spacial score (nSPS) is 9.45. The molecule has 0 aromatic carbocycles. The van der Waals surface area contributed by atoms with Crippen LogP contribution in [0.2, 0.25) is 0 Å². The van der Waals surface area contributed by atoms with E-state index in [9.17, 15) is 4.79 Å². The molecular formula is C8H10N2O. The van der Waals surface area contributed by atoms with Crippen LogP contribution in [0.25, 0.3) is 0 Å². The lowest BCUT2D eigenvalue weighted by atomic mass is 10.3. The Labute approximate surface area is 65.3 Å². The summed E-state index contributed by atoms with van der Waals surface area (Å²) in [6, 6.07) is 1.83. The highest BCUT2D eigenvalue weighted by molar-refractivity contribution is 5.88. The number of ketones is 1. The summed E-state index contributed by atoms with van der Waals surface area (Å²) in [5.41, 5.74) is 0. The molecule has 0 amide bonds. The highest BCUT2D eigenvalue weighted by atomic mass is 16.1. The maximum absolute atomic E-state index is 10.7. The minimum absolute atomic E-state index is 0.0560. The van der Waals surface area contributed by atoms with Gasteiger partial charge in [-0.05, 0) is 12.1 Å². The van der Waals surface area contributed by atoms with E-state index in [1.54, 1.807) is 10.9 Å². The van der Waals surface area contributed by atoms with Gasteiger partial charge in [0.1, 0.15) is 0 Å². The van der Waals surface area contributed by atoms with Crippen LogP contribution in [0.1, 0.15) is 6.42 Å². The fourth-order valence-corrected chi connectivity index (χ4v) is 0.760. The van der Waals surface area contributed by atoms with E-state index in [1.165, 1.54) is 6.08 Å². The summed E-state index contributed by atoms with van der Waals surface area (Å²) in [6.07, 6.45) is 5.34. The largest absolute Gasteiger partial charge is 0.295 e. The monoisotopic (exact) mass is 150 g/mol. The molecule has 58 valence electrons. The summed E-state index contributed by atoms with van der Waals surface area (Å²) in [6.45, 7) is 4.02. The quantitative estimate of drug-likeness (QED) is 0.601. The minimum atomic E-state index is 0.0560. The Morgan fingerprint density at radius 1 is 1.73 bits per heavy atom. The van der Waals surface area contributed by atoms with Crippen LogP contribution in [0, 0.1) is 0 Å². The molecule has 1 aromatic rings. The topological polar surface area (TPSA) is 34.9 Å². The smallest absolute Gasteiger partial charge is 0.156 e. The molecular weight excluding hydrogens is 140 g/mol. The second-order valence-electron chi connectivity index (χ2n) is 2.19. The van der Waals surface area contributed by atoms with E-state index in [1.807, 2.05) is 12.3 Å². The molecule has 0 spiro atoms. The summed E-state index contributed by atoms with van der Waals surface area (Å²) in [5, 5.41) is 3.95. The van der Waals surface area contributed by atoms with Gasteiger partial charge in [0.15, 0.2) is 5.78 Å². The van der Waals surface area contributed by atoms with Crippen LogP contribution in [0.5, 0.6) is 0 Å². The average Bonchev–Trinajstić information content (AvgIpc) is 2.52. The van der Waals surface area contributed by atoms with Gasteiger partial charge >= 0.3 is 0 Å². The minimum Gasteiger partial charge on any atom is -0.295 e. The van der Waals surface area contributed by atoms with E-state index >= 15 is 0 Å². The SMILES string of the molecule is C=CC(=O)CCn1cccn1. The van der Waals surface area contributed by atoms with Gasteiger partial charge in [-0.15, -0.1) is 0 Å². The van der Waals surface area contributed by atoms with Crippen molar-refractivity contribution in [3.63, 3.8) is 0 Å². The third-order valence-corrected chi connectivity index (χ3v) is 1.37. The van der Waals surface area contributed by atoms with E-state index in [2.05, 4.69) is 11.7 Å². The van der Waals surface area contributed by atoms with Crippen molar-refractivity contribution in [2.75, 3.05) is 0 Å². The predicted molar refractivity (Wildman–Crippen MR) is 42.0 cm³/mol. The zero-order valence-corrected chi connectivity index (χ0v) is 6.23. The fourth-order valence-electron chi connectivity index (χ4n) is 0.760. The van der Waals surface area contributed by atoms with Crippen molar-refractivity contribution in [1.82, 2.24) is 9.78 Å². The maximum atomic E-state index is 10.7. The molecule has 1 heterocycles. The van der Waals surface area contributed by atoms with Crippen molar-refractivity contribution in [1.29, 1.82) is 0 Å². The van der Waals surface area contributed by atoms with Crippen LogP contribution in [-0.2, 0) is 11.3 Å². The number of allylic oxidation sites excluding steroid dienone is 1. The maximum Gasteiger partial charge on any atom is 0.156 e. The summed E-state index contributed by atoms with van der Waals surface area (Å²) in [4.78, 5) is 10.7. The number of aryl methyl sites for hydroxylation is 1. The van der Waals surface area contributed by atoms with Crippen molar-refractivity contribution >= 4 is 5.78 Å². The number of carbonyl (C=O) groups is 1. The van der Waals surface area contributed by atoms with E-state index in [4.69, 9.17) is 0 Å². The molecule has 0 unspecified atom stereocenters. The van der Waals surface area contributed by atoms with Crippen molar-refractivity contribution < 1.29 is 4.79 Å². The Balaban J connectivity index is 2.34. The van der Waals surface area contributed by atoms with Gasteiger partial charge in [0.2, 0.25) is 0 Å². The first-order chi connectivity index (χ1) is 5.33. The number of hydrogen-bond acceptors (Lipinski definition) is 2. The van der Waals surface area contributed by atoms with Gasteiger partial charge in [0, 0.05) is 25.4 Å². The lowest BCUT2D eigenvalue weighted by Gasteiger charge is -1.96. The van der Waals surface area contributed by atoms with Crippen LogP contribution in [0.3, 0.4) is 0 Å². The highest BCUT2D eigenvalue weighted by Crippen LogP contribution is 1.90. The Kier molecular flexibility index (Phi) is 2.60. The van der Waals surface area contributed by atoms with Crippen LogP contribution >= 0.6 is 0 Å². The molecule has 0 N–H and O–H groups in total. The molecule has 0 bridgehead atoms. The van der Waals surface area contributed by atoms with Gasteiger partial charge in [0.05, 0.1) is 0 Å². The van der Waals surface area contributed by atoms with E-state index < -0.39 is 0 Å². The molecule has 1 aromatic heterocycles. The Bertz CT molecular complexity index is 239. The predicted octanol–water partition coefficient (Wildman–Crippen LogP) is 1.03. The van der Waals surface area contributed by atoms with E-state index in [0.717, 1.165) is 0 Å². The lowest BCUT2D eigenvalue weighted by molar-refractivity contribution is -0.114. The molecule has 3 nitrogen and oxygen atoms in total. The van der Waals surface area contributed by atoms with E-state index in [-0.39, 0.29) is 5.78 Å². The third-order valence-electron chi connectivity index (χ3n) is 1.37. The van der Waals surface area contributed by atoms with Crippen LogP contribution < -0.4 is 0 Å². The van der Waals surface area contributed by atoms with Crippen LogP contribution in [0.15, 0.2) is 31.1 Å². The van der Waals surface area contributed by atoms with Crippen molar-refractivity contribution in [3.8, 4) is 0 Å². The number of hydrogen-bond donors (Lipinski definition) is 0. The zero-order valence-electron chi connectivity index (χ0n) is 6.23. The van der Waals surface area contributed by atoms with Gasteiger partial charge in [0.25, 0.3) is 0 Å². The molecule has 0 atom stereocenters. The van der Waals surface area contributed by atoms with Crippen molar-refractivity contribution in [2.24, 2.45) is 0 Å². The summed E-state index contributed by atoms with van der Waals surface area (Å²) in [7, 11) is 0. The highest BCUT2D eigenvalue weighted by Gasteiger charge is 1.95. The van der Waals surface area contributed by atoms with Gasteiger partial charge in [-0.3, -0.25) is 9.48 Å². The number of nitrogens with zero attached hydrogens (tertiary/aromatic N) is 2. The number of rotatable bonds is 4. The molecule has 0 radical (unpaired) electrons. The van der Waals surface area contributed by atoms with Crippen LogP contribution in [0.4, 0.5) is 0 Å². The first-order valence-electron chi connectivity index (χ1n) is 3.45. The van der Waals surface area contributed by atoms with Gasteiger partial charge in [-0.2, -0.15) is 5.10 Å². The zero-order chi connectivity index (χ0) is 8.10. The second-order valence-corrected chi connectivity index (χ2v) is 2.19.